The number of rotatable bonds is 9. The zero-order valence-electron chi connectivity index (χ0n) is 15.0. The maximum Gasteiger partial charge on any atom is 0.225 e. The summed E-state index contributed by atoms with van der Waals surface area (Å²) in [5.74, 6) is 0.562. The van der Waals surface area contributed by atoms with Crippen molar-refractivity contribution in [2.24, 2.45) is 11.1 Å². The van der Waals surface area contributed by atoms with Crippen LogP contribution in [0.4, 0.5) is 5.69 Å². The molecule has 0 heterocycles. The fourth-order valence-corrected chi connectivity index (χ4v) is 3.54. The molecule has 0 aliphatic heterocycles. The van der Waals surface area contributed by atoms with E-state index in [2.05, 4.69) is 5.32 Å². The first kappa shape index (κ1) is 20.0. The van der Waals surface area contributed by atoms with Gasteiger partial charge in [0.25, 0.3) is 0 Å². The average molecular weight is 369 g/mol. The molecule has 0 aromatic heterocycles. The first-order chi connectivity index (χ1) is 12.1. The van der Waals surface area contributed by atoms with Gasteiger partial charge in [-0.15, -0.1) is 0 Å². The Kier molecular flexibility index (Phi) is 8.00. The highest BCUT2D eigenvalue weighted by Gasteiger charge is 2.33. The monoisotopic (exact) mass is 368 g/mol. The largest absolute Gasteiger partial charge is 0.489 e. The molecule has 0 spiro atoms. The fraction of sp³-hybridized carbons (Fsp3) is 0.632. The Morgan fingerprint density at radius 1 is 1.28 bits per heavy atom. The third-order valence-electron chi connectivity index (χ3n) is 4.79. The number of amides is 1. The first-order valence-corrected chi connectivity index (χ1v) is 9.46. The maximum atomic E-state index is 12.6. The summed E-state index contributed by atoms with van der Waals surface area (Å²) in [6.45, 7) is 4.06. The zero-order valence-corrected chi connectivity index (χ0v) is 15.7. The van der Waals surface area contributed by atoms with E-state index in [0.29, 0.717) is 49.2 Å². The predicted molar refractivity (Wildman–Crippen MR) is 101 cm³/mol. The van der Waals surface area contributed by atoms with Crippen molar-refractivity contribution in [3.8, 4) is 5.75 Å². The molecule has 0 radical (unpaired) electrons. The second kappa shape index (κ2) is 10.00. The Balaban J connectivity index is 1.99. The lowest BCUT2D eigenvalue weighted by atomic mass is 9.71. The molecule has 5 nitrogen and oxygen atoms in total. The third-order valence-corrected chi connectivity index (χ3v) is 5.02. The van der Waals surface area contributed by atoms with Gasteiger partial charge in [0.2, 0.25) is 5.91 Å². The van der Waals surface area contributed by atoms with Gasteiger partial charge in [-0.05, 0) is 49.9 Å². The van der Waals surface area contributed by atoms with Crippen LogP contribution in [-0.4, -0.2) is 32.3 Å². The van der Waals surface area contributed by atoms with E-state index in [1.807, 2.05) is 6.92 Å². The lowest BCUT2D eigenvalue weighted by Gasteiger charge is -2.35. The number of carbonyl (C=O) groups excluding carboxylic acids is 1. The van der Waals surface area contributed by atoms with Crippen LogP contribution < -0.4 is 15.8 Å². The van der Waals surface area contributed by atoms with Crippen LogP contribution >= 0.6 is 11.6 Å². The van der Waals surface area contributed by atoms with Crippen LogP contribution in [0.5, 0.6) is 5.75 Å². The third kappa shape index (κ3) is 6.17. The minimum absolute atomic E-state index is 0.0377. The summed E-state index contributed by atoms with van der Waals surface area (Å²) < 4.78 is 11.0. The summed E-state index contributed by atoms with van der Waals surface area (Å²) in [5.41, 5.74) is 6.51. The van der Waals surface area contributed by atoms with Gasteiger partial charge in [0.15, 0.2) is 0 Å². The van der Waals surface area contributed by atoms with Gasteiger partial charge in [-0.25, -0.2) is 0 Å². The van der Waals surface area contributed by atoms with Crippen molar-refractivity contribution in [3.63, 3.8) is 0 Å². The molecule has 1 fully saturated rings. The number of anilines is 1. The standard InChI is InChI=1S/C19H29ClN2O3/c1-2-24-10-11-25-17-7-6-15(20)12-16(17)22-18(23)13-19(14-21)8-4-3-5-9-19/h6-7,12H,2-5,8-11,13-14,21H2,1H3,(H,22,23). The summed E-state index contributed by atoms with van der Waals surface area (Å²) in [4.78, 5) is 12.6. The van der Waals surface area contributed by atoms with Gasteiger partial charge in [0.05, 0.1) is 12.3 Å². The molecule has 1 aromatic rings. The number of nitrogens with one attached hydrogen (secondary N) is 1. The number of benzene rings is 1. The molecule has 1 amide bonds. The summed E-state index contributed by atoms with van der Waals surface area (Å²) in [6, 6.07) is 5.23. The maximum absolute atomic E-state index is 12.6. The summed E-state index contributed by atoms with van der Waals surface area (Å²) in [7, 11) is 0. The molecule has 6 heteroatoms. The highest BCUT2D eigenvalue weighted by Crippen LogP contribution is 2.39. The van der Waals surface area contributed by atoms with Crippen LogP contribution in [0.1, 0.15) is 45.4 Å². The topological polar surface area (TPSA) is 73.6 Å². The summed E-state index contributed by atoms with van der Waals surface area (Å²) >= 11 is 6.08. The molecular formula is C19H29ClN2O3. The van der Waals surface area contributed by atoms with Crippen molar-refractivity contribution in [2.75, 3.05) is 31.7 Å². The Bertz CT molecular complexity index is 560. The highest BCUT2D eigenvalue weighted by atomic mass is 35.5. The van der Waals surface area contributed by atoms with Gasteiger partial charge < -0.3 is 20.5 Å². The van der Waals surface area contributed by atoms with Crippen molar-refractivity contribution in [1.82, 2.24) is 0 Å². The molecule has 25 heavy (non-hydrogen) atoms. The van der Waals surface area contributed by atoms with Crippen molar-refractivity contribution in [2.45, 2.75) is 45.4 Å². The van der Waals surface area contributed by atoms with Crippen LogP contribution in [0.2, 0.25) is 5.02 Å². The van der Waals surface area contributed by atoms with Gasteiger partial charge in [-0.1, -0.05) is 30.9 Å². The lowest BCUT2D eigenvalue weighted by Crippen LogP contribution is -2.36. The average Bonchev–Trinajstić information content (AvgIpc) is 2.61. The minimum atomic E-state index is -0.0725. The van der Waals surface area contributed by atoms with Crippen LogP contribution in [0.3, 0.4) is 0 Å². The van der Waals surface area contributed by atoms with Gasteiger partial charge in [-0.3, -0.25) is 4.79 Å². The zero-order chi connectivity index (χ0) is 18.1. The molecule has 1 saturated carbocycles. The molecule has 1 aromatic carbocycles. The van der Waals surface area contributed by atoms with E-state index in [9.17, 15) is 4.79 Å². The number of nitrogens with two attached hydrogens (primary N) is 1. The van der Waals surface area contributed by atoms with Crippen LogP contribution in [-0.2, 0) is 9.53 Å². The van der Waals surface area contributed by atoms with Gasteiger partial charge in [0.1, 0.15) is 12.4 Å². The van der Waals surface area contributed by atoms with Crippen molar-refractivity contribution < 1.29 is 14.3 Å². The molecule has 2 rings (SSSR count). The Labute approximate surface area is 155 Å². The van der Waals surface area contributed by atoms with E-state index < -0.39 is 0 Å². The summed E-state index contributed by atoms with van der Waals surface area (Å²) in [6.07, 6.45) is 6.00. The van der Waals surface area contributed by atoms with Crippen molar-refractivity contribution in [3.05, 3.63) is 23.2 Å². The molecule has 0 atom stereocenters. The molecule has 140 valence electrons. The second-order valence-electron chi connectivity index (χ2n) is 6.68. The molecule has 0 bridgehead atoms. The second-order valence-corrected chi connectivity index (χ2v) is 7.11. The molecule has 1 aliphatic carbocycles. The highest BCUT2D eigenvalue weighted by molar-refractivity contribution is 6.31. The Hall–Kier alpha value is -1.30. The Morgan fingerprint density at radius 2 is 2.04 bits per heavy atom. The molecule has 0 saturated heterocycles. The van der Waals surface area contributed by atoms with E-state index in [0.717, 1.165) is 25.7 Å². The van der Waals surface area contributed by atoms with Gasteiger partial charge in [0, 0.05) is 18.1 Å². The predicted octanol–water partition coefficient (Wildman–Crippen LogP) is 3.99. The first-order valence-electron chi connectivity index (χ1n) is 9.08. The molecule has 1 aliphatic rings. The number of carbonyl (C=O) groups is 1. The van der Waals surface area contributed by atoms with Crippen molar-refractivity contribution in [1.29, 1.82) is 0 Å². The van der Waals surface area contributed by atoms with E-state index in [4.69, 9.17) is 26.8 Å². The van der Waals surface area contributed by atoms with Crippen molar-refractivity contribution >= 4 is 23.2 Å². The van der Waals surface area contributed by atoms with E-state index in [1.165, 1.54) is 6.42 Å². The van der Waals surface area contributed by atoms with Crippen LogP contribution in [0.25, 0.3) is 0 Å². The number of hydrogen-bond acceptors (Lipinski definition) is 4. The van der Waals surface area contributed by atoms with E-state index >= 15 is 0 Å². The summed E-state index contributed by atoms with van der Waals surface area (Å²) in [5, 5.41) is 3.51. The molecular weight excluding hydrogens is 340 g/mol. The van der Waals surface area contributed by atoms with Crippen LogP contribution in [0, 0.1) is 5.41 Å². The number of halogens is 1. The quantitative estimate of drug-likeness (QED) is 0.646. The van der Waals surface area contributed by atoms with E-state index in [1.54, 1.807) is 18.2 Å². The lowest BCUT2D eigenvalue weighted by molar-refractivity contribution is -0.118. The smallest absolute Gasteiger partial charge is 0.225 e. The molecule has 0 unspecified atom stereocenters. The van der Waals surface area contributed by atoms with Crippen LogP contribution in [0.15, 0.2) is 18.2 Å². The Morgan fingerprint density at radius 3 is 2.72 bits per heavy atom. The fourth-order valence-electron chi connectivity index (χ4n) is 3.37. The van der Waals surface area contributed by atoms with E-state index in [-0.39, 0.29) is 11.3 Å². The SMILES string of the molecule is CCOCCOc1ccc(Cl)cc1NC(=O)CC1(CN)CCCCC1. The number of ether oxygens (including phenoxy) is 2. The minimum Gasteiger partial charge on any atom is -0.489 e. The van der Waals surface area contributed by atoms with Gasteiger partial charge >= 0.3 is 0 Å². The molecule has 3 N–H and O–H groups in total. The number of hydrogen-bond donors (Lipinski definition) is 2. The normalized spacial score (nSPS) is 16.4. The van der Waals surface area contributed by atoms with Gasteiger partial charge in [-0.2, -0.15) is 0 Å².